The Labute approximate surface area is 113 Å². The van der Waals surface area contributed by atoms with E-state index in [1.54, 1.807) is 6.20 Å². The van der Waals surface area contributed by atoms with E-state index < -0.39 is 5.97 Å². The van der Waals surface area contributed by atoms with Crippen LogP contribution in [0, 0.1) is 5.92 Å². The maximum atomic E-state index is 11.3. The highest BCUT2D eigenvalue weighted by atomic mass is 16.5. The van der Waals surface area contributed by atoms with E-state index in [1.165, 1.54) is 13.3 Å². The SMILES string of the molecule is COC(=O)c1cnc(N2CC(C)C(N(C)C)C2)cn1. The monoisotopic (exact) mass is 264 g/mol. The van der Waals surface area contributed by atoms with Crippen molar-refractivity contribution in [3.05, 3.63) is 18.1 Å². The number of hydrogen-bond acceptors (Lipinski definition) is 6. The van der Waals surface area contributed by atoms with Crippen LogP contribution in [0.5, 0.6) is 0 Å². The summed E-state index contributed by atoms with van der Waals surface area (Å²) in [6, 6.07) is 0.516. The number of methoxy groups -OCH3 is 1. The van der Waals surface area contributed by atoms with Crippen LogP contribution in [-0.2, 0) is 4.74 Å². The van der Waals surface area contributed by atoms with Crippen LogP contribution in [-0.4, -0.2) is 61.2 Å². The number of likely N-dealkylation sites (N-methyl/N-ethyl adjacent to an activating group) is 1. The second kappa shape index (κ2) is 5.52. The Bertz CT molecular complexity index is 446. The van der Waals surface area contributed by atoms with Crippen LogP contribution in [0.25, 0.3) is 0 Å². The Kier molecular flexibility index (Phi) is 3.99. The highest BCUT2D eigenvalue weighted by molar-refractivity contribution is 5.86. The van der Waals surface area contributed by atoms with Gasteiger partial charge in [-0.3, -0.25) is 0 Å². The van der Waals surface area contributed by atoms with Gasteiger partial charge in [-0.1, -0.05) is 6.92 Å². The van der Waals surface area contributed by atoms with E-state index >= 15 is 0 Å². The highest BCUT2D eigenvalue weighted by Crippen LogP contribution is 2.24. The van der Waals surface area contributed by atoms with Crippen LogP contribution in [0.2, 0.25) is 0 Å². The molecule has 2 unspecified atom stereocenters. The molecule has 0 radical (unpaired) electrons. The first-order valence-electron chi connectivity index (χ1n) is 6.34. The number of ether oxygens (including phenoxy) is 1. The molecule has 0 bridgehead atoms. The van der Waals surface area contributed by atoms with Crippen molar-refractivity contribution in [3.8, 4) is 0 Å². The number of carbonyl (C=O) groups is 1. The molecule has 1 aromatic rings. The van der Waals surface area contributed by atoms with Crippen molar-refractivity contribution in [1.82, 2.24) is 14.9 Å². The summed E-state index contributed by atoms with van der Waals surface area (Å²) in [5.41, 5.74) is 0.239. The fraction of sp³-hybridized carbons (Fsp3) is 0.615. The van der Waals surface area contributed by atoms with Gasteiger partial charge in [-0.2, -0.15) is 0 Å². The largest absolute Gasteiger partial charge is 0.464 e. The first-order chi connectivity index (χ1) is 9.02. The second-order valence-electron chi connectivity index (χ2n) is 5.16. The molecular formula is C13H20N4O2. The van der Waals surface area contributed by atoms with Gasteiger partial charge in [0, 0.05) is 19.1 Å². The zero-order chi connectivity index (χ0) is 14.0. The van der Waals surface area contributed by atoms with E-state index in [0.717, 1.165) is 18.9 Å². The van der Waals surface area contributed by atoms with E-state index in [0.29, 0.717) is 12.0 Å². The Morgan fingerprint density at radius 2 is 2.11 bits per heavy atom. The van der Waals surface area contributed by atoms with Gasteiger partial charge in [0.25, 0.3) is 0 Å². The first kappa shape index (κ1) is 13.7. The Hall–Kier alpha value is -1.69. The standard InChI is InChI=1S/C13H20N4O2/c1-9-7-17(8-11(9)16(2)3)12-6-14-10(5-15-12)13(18)19-4/h5-6,9,11H,7-8H2,1-4H3. The van der Waals surface area contributed by atoms with Gasteiger partial charge in [-0.15, -0.1) is 0 Å². The lowest BCUT2D eigenvalue weighted by molar-refractivity contribution is 0.0593. The minimum Gasteiger partial charge on any atom is -0.464 e. The van der Waals surface area contributed by atoms with E-state index in [9.17, 15) is 4.79 Å². The molecule has 19 heavy (non-hydrogen) atoms. The average molecular weight is 264 g/mol. The third kappa shape index (κ3) is 2.84. The summed E-state index contributed by atoms with van der Waals surface area (Å²) >= 11 is 0. The minimum atomic E-state index is -0.458. The van der Waals surface area contributed by atoms with Crippen LogP contribution in [0.1, 0.15) is 17.4 Å². The fourth-order valence-electron chi connectivity index (χ4n) is 2.50. The van der Waals surface area contributed by atoms with E-state index in [4.69, 9.17) is 0 Å². The Morgan fingerprint density at radius 1 is 1.37 bits per heavy atom. The minimum absolute atomic E-state index is 0.239. The van der Waals surface area contributed by atoms with Crippen LogP contribution in [0.15, 0.2) is 12.4 Å². The normalized spacial score (nSPS) is 22.9. The molecule has 104 valence electrons. The first-order valence-corrected chi connectivity index (χ1v) is 6.34. The van der Waals surface area contributed by atoms with Crippen molar-refractivity contribution in [1.29, 1.82) is 0 Å². The van der Waals surface area contributed by atoms with Crippen molar-refractivity contribution in [2.75, 3.05) is 39.2 Å². The van der Waals surface area contributed by atoms with Crippen LogP contribution in [0.3, 0.4) is 0 Å². The van der Waals surface area contributed by atoms with Crippen molar-refractivity contribution in [3.63, 3.8) is 0 Å². The number of esters is 1. The zero-order valence-corrected chi connectivity index (χ0v) is 11.8. The number of rotatable bonds is 3. The second-order valence-corrected chi connectivity index (χ2v) is 5.16. The predicted octanol–water partition coefficient (Wildman–Crippen LogP) is 0.649. The number of carbonyl (C=O) groups excluding carboxylic acids is 1. The van der Waals surface area contributed by atoms with Crippen molar-refractivity contribution in [2.45, 2.75) is 13.0 Å². The van der Waals surface area contributed by atoms with Crippen molar-refractivity contribution in [2.24, 2.45) is 5.92 Å². The highest BCUT2D eigenvalue weighted by Gasteiger charge is 2.31. The van der Waals surface area contributed by atoms with Crippen LogP contribution >= 0.6 is 0 Å². The summed E-state index contributed by atoms with van der Waals surface area (Å²) in [5, 5.41) is 0. The summed E-state index contributed by atoms with van der Waals surface area (Å²) in [5.74, 6) is 0.931. The molecule has 0 saturated carbocycles. The molecule has 0 aliphatic carbocycles. The van der Waals surface area contributed by atoms with E-state index in [1.807, 2.05) is 0 Å². The van der Waals surface area contributed by atoms with Crippen LogP contribution in [0.4, 0.5) is 5.82 Å². The van der Waals surface area contributed by atoms with E-state index in [-0.39, 0.29) is 5.69 Å². The lowest BCUT2D eigenvalue weighted by atomic mass is 10.1. The smallest absolute Gasteiger partial charge is 0.358 e. The van der Waals surface area contributed by atoms with Gasteiger partial charge in [-0.05, 0) is 20.0 Å². The fourth-order valence-corrected chi connectivity index (χ4v) is 2.50. The molecule has 1 aromatic heterocycles. The van der Waals surface area contributed by atoms with Gasteiger partial charge in [0.05, 0.1) is 19.5 Å². The number of aromatic nitrogens is 2. The number of hydrogen-bond donors (Lipinski definition) is 0. The Balaban J connectivity index is 2.09. The quantitative estimate of drug-likeness (QED) is 0.747. The maximum absolute atomic E-state index is 11.3. The van der Waals surface area contributed by atoms with Gasteiger partial charge >= 0.3 is 5.97 Å². The molecule has 6 nitrogen and oxygen atoms in total. The van der Waals surface area contributed by atoms with Crippen molar-refractivity contribution < 1.29 is 9.53 Å². The number of anilines is 1. The predicted molar refractivity (Wildman–Crippen MR) is 72.2 cm³/mol. The molecule has 2 rings (SSSR count). The molecule has 1 saturated heterocycles. The molecule has 0 amide bonds. The third-order valence-electron chi connectivity index (χ3n) is 3.59. The molecular weight excluding hydrogens is 244 g/mol. The summed E-state index contributed by atoms with van der Waals surface area (Å²) in [7, 11) is 5.52. The summed E-state index contributed by atoms with van der Waals surface area (Å²) in [6.45, 7) is 4.12. The van der Waals surface area contributed by atoms with Gasteiger partial charge < -0.3 is 14.5 Å². The van der Waals surface area contributed by atoms with Gasteiger partial charge in [-0.25, -0.2) is 14.8 Å². The molecule has 0 spiro atoms. The average Bonchev–Trinajstić information content (AvgIpc) is 2.80. The summed E-state index contributed by atoms with van der Waals surface area (Å²) < 4.78 is 4.61. The summed E-state index contributed by atoms with van der Waals surface area (Å²) in [4.78, 5) is 24.1. The molecule has 1 aliphatic rings. The molecule has 1 aliphatic heterocycles. The molecule has 0 N–H and O–H groups in total. The lowest BCUT2D eigenvalue weighted by Crippen LogP contribution is -2.34. The third-order valence-corrected chi connectivity index (χ3v) is 3.59. The van der Waals surface area contributed by atoms with Crippen LogP contribution < -0.4 is 4.90 Å². The maximum Gasteiger partial charge on any atom is 0.358 e. The summed E-state index contributed by atoms with van der Waals surface area (Å²) in [6.07, 6.45) is 3.10. The lowest BCUT2D eigenvalue weighted by Gasteiger charge is -2.22. The van der Waals surface area contributed by atoms with E-state index in [2.05, 4.69) is 45.5 Å². The van der Waals surface area contributed by atoms with Gasteiger partial charge in [0.1, 0.15) is 5.82 Å². The zero-order valence-electron chi connectivity index (χ0n) is 11.8. The molecule has 6 heteroatoms. The Morgan fingerprint density at radius 3 is 2.58 bits per heavy atom. The van der Waals surface area contributed by atoms with Crippen molar-refractivity contribution >= 4 is 11.8 Å². The molecule has 1 fully saturated rings. The van der Waals surface area contributed by atoms with Gasteiger partial charge in [0.2, 0.25) is 0 Å². The molecule has 2 atom stereocenters. The molecule has 0 aromatic carbocycles. The topological polar surface area (TPSA) is 58.6 Å². The van der Waals surface area contributed by atoms with Gasteiger partial charge in [0.15, 0.2) is 5.69 Å². The number of nitrogens with zero attached hydrogens (tertiary/aromatic N) is 4. The molecule has 2 heterocycles.